The number of nitrogens with one attached hydrogen (secondary N) is 1. The molecule has 5 heteroatoms. The molecule has 0 radical (unpaired) electrons. The van der Waals surface area contributed by atoms with Crippen molar-refractivity contribution < 1.29 is 9.53 Å². The average molecular weight is 319 g/mol. The van der Waals surface area contributed by atoms with Crippen LogP contribution in [0.2, 0.25) is 0 Å². The van der Waals surface area contributed by atoms with E-state index in [-0.39, 0.29) is 5.91 Å². The lowest BCUT2D eigenvalue weighted by Gasteiger charge is -2.10. The quantitative estimate of drug-likeness (QED) is 0.923. The minimum absolute atomic E-state index is 0.0766. The van der Waals surface area contributed by atoms with E-state index >= 15 is 0 Å². The maximum Gasteiger partial charge on any atom is 0.255 e. The van der Waals surface area contributed by atoms with E-state index in [9.17, 15) is 4.79 Å². The van der Waals surface area contributed by atoms with Crippen molar-refractivity contribution in [1.29, 1.82) is 0 Å². The molecule has 1 N–H and O–H groups in total. The van der Waals surface area contributed by atoms with Crippen LogP contribution in [0.1, 0.15) is 51.8 Å². The molecule has 0 saturated heterocycles. The van der Waals surface area contributed by atoms with Crippen molar-refractivity contribution in [2.75, 3.05) is 13.2 Å². The van der Waals surface area contributed by atoms with E-state index in [1.807, 2.05) is 24.4 Å². The standard InChI is InChI=1S/C19H17N3O2/c23-19-14-4-3-12(9-17(14)24-8-7-20-19)13-5-6-16-15(13)10-21-18(22-16)11-1-2-11/h3-5,9-11H,1-2,6-8H2,(H,20,23). The van der Waals surface area contributed by atoms with Crippen LogP contribution in [-0.2, 0) is 6.42 Å². The smallest absolute Gasteiger partial charge is 0.255 e. The third-order valence-electron chi connectivity index (χ3n) is 4.80. The van der Waals surface area contributed by atoms with Crippen LogP contribution in [0, 0.1) is 0 Å². The van der Waals surface area contributed by atoms with Gasteiger partial charge in [0.15, 0.2) is 0 Å². The zero-order chi connectivity index (χ0) is 16.1. The Morgan fingerprint density at radius 2 is 2.12 bits per heavy atom. The van der Waals surface area contributed by atoms with Gasteiger partial charge in [0.25, 0.3) is 5.91 Å². The van der Waals surface area contributed by atoms with E-state index in [0.717, 1.165) is 34.6 Å². The maximum absolute atomic E-state index is 12.0. The molecular formula is C19H17N3O2. The van der Waals surface area contributed by atoms with Crippen LogP contribution in [0.25, 0.3) is 5.57 Å². The summed E-state index contributed by atoms with van der Waals surface area (Å²) in [6, 6.07) is 5.77. The van der Waals surface area contributed by atoms with Gasteiger partial charge in [-0.1, -0.05) is 12.1 Å². The number of allylic oxidation sites excluding steroid dienone is 1. The van der Waals surface area contributed by atoms with Crippen LogP contribution in [-0.4, -0.2) is 29.0 Å². The van der Waals surface area contributed by atoms with Gasteiger partial charge in [0, 0.05) is 24.1 Å². The molecule has 0 bridgehead atoms. The molecule has 1 aromatic carbocycles. The fraction of sp³-hybridized carbons (Fsp3) is 0.316. The number of amides is 1. The highest BCUT2D eigenvalue weighted by Crippen LogP contribution is 2.40. The second kappa shape index (κ2) is 5.16. The number of benzene rings is 1. The summed E-state index contributed by atoms with van der Waals surface area (Å²) in [5.74, 6) is 2.13. The Bertz CT molecular complexity index is 884. The molecule has 5 rings (SSSR count). The molecule has 1 fully saturated rings. The van der Waals surface area contributed by atoms with E-state index in [1.54, 1.807) is 0 Å². The van der Waals surface area contributed by atoms with Gasteiger partial charge in [-0.2, -0.15) is 0 Å². The first-order chi connectivity index (χ1) is 11.8. The number of aromatic nitrogens is 2. The minimum Gasteiger partial charge on any atom is -0.491 e. The first-order valence-corrected chi connectivity index (χ1v) is 8.41. The number of rotatable bonds is 2. The molecule has 120 valence electrons. The normalized spacial score (nSPS) is 18.8. The van der Waals surface area contributed by atoms with Gasteiger partial charge in [-0.3, -0.25) is 4.79 Å². The molecule has 3 aliphatic rings. The van der Waals surface area contributed by atoms with Gasteiger partial charge in [0.05, 0.1) is 17.8 Å². The van der Waals surface area contributed by atoms with Crippen LogP contribution in [0.4, 0.5) is 0 Å². The van der Waals surface area contributed by atoms with Crippen molar-refractivity contribution in [3.63, 3.8) is 0 Å². The first kappa shape index (κ1) is 13.7. The summed E-state index contributed by atoms with van der Waals surface area (Å²) in [7, 11) is 0. The molecule has 1 aromatic heterocycles. The van der Waals surface area contributed by atoms with Crippen LogP contribution in [0.15, 0.2) is 30.5 Å². The average Bonchev–Trinajstić information content (AvgIpc) is 3.39. The maximum atomic E-state index is 12.0. The minimum atomic E-state index is -0.0766. The van der Waals surface area contributed by atoms with Gasteiger partial charge in [0.1, 0.15) is 18.2 Å². The highest BCUT2D eigenvalue weighted by molar-refractivity contribution is 5.98. The van der Waals surface area contributed by atoms with Crippen molar-refractivity contribution in [3.8, 4) is 5.75 Å². The lowest BCUT2D eigenvalue weighted by molar-refractivity contribution is 0.0957. The van der Waals surface area contributed by atoms with Gasteiger partial charge >= 0.3 is 0 Å². The molecule has 0 atom stereocenters. The highest BCUT2D eigenvalue weighted by Gasteiger charge is 2.28. The number of fused-ring (bicyclic) bond motifs is 2. The topological polar surface area (TPSA) is 64.1 Å². The number of ether oxygens (including phenoxy) is 1. The van der Waals surface area contributed by atoms with Gasteiger partial charge in [-0.15, -0.1) is 0 Å². The summed E-state index contributed by atoms with van der Waals surface area (Å²) in [6.07, 6.45) is 7.40. The van der Waals surface area contributed by atoms with Gasteiger partial charge < -0.3 is 10.1 Å². The molecule has 0 spiro atoms. The van der Waals surface area contributed by atoms with Crippen molar-refractivity contribution in [2.24, 2.45) is 0 Å². The van der Waals surface area contributed by atoms with Gasteiger partial charge in [-0.05, 0) is 36.1 Å². The van der Waals surface area contributed by atoms with Gasteiger partial charge in [-0.25, -0.2) is 9.97 Å². The van der Waals surface area contributed by atoms with Crippen molar-refractivity contribution in [2.45, 2.75) is 25.2 Å². The summed E-state index contributed by atoms with van der Waals surface area (Å²) in [4.78, 5) is 21.3. The van der Waals surface area contributed by atoms with E-state index in [2.05, 4.69) is 16.4 Å². The van der Waals surface area contributed by atoms with E-state index in [0.29, 0.717) is 30.4 Å². The largest absolute Gasteiger partial charge is 0.491 e. The molecule has 1 saturated carbocycles. The van der Waals surface area contributed by atoms with Crippen LogP contribution in [0.5, 0.6) is 5.75 Å². The fourth-order valence-corrected chi connectivity index (χ4v) is 3.35. The number of hydrogen-bond acceptors (Lipinski definition) is 4. The SMILES string of the molecule is O=C1NCCOc2cc(C3=CCc4nc(C5CC5)ncc43)ccc21. The summed E-state index contributed by atoms with van der Waals surface area (Å²) in [5.41, 5.74) is 4.97. The van der Waals surface area contributed by atoms with E-state index < -0.39 is 0 Å². The lowest BCUT2D eigenvalue weighted by Crippen LogP contribution is -2.24. The molecule has 1 amide bonds. The summed E-state index contributed by atoms with van der Waals surface area (Å²) >= 11 is 0. The third-order valence-corrected chi connectivity index (χ3v) is 4.80. The highest BCUT2D eigenvalue weighted by atomic mass is 16.5. The predicted octanol–water partition coefficient (Wildman–Crippen LogP) is 2.46. The molecule has 2 aliphatic carbocycles. The number of nitrogens with zero attached hydrogens (tertiary/aromatic N) is 2. The van der Waals surface area contributed by atoms with Crippen LogP contribution in [0.3, 0.4) is 0 Å². The van der Waals surface area contributed by atoms with Crippen LogP contribution < -0.4 is 10.1 Å². The Balaban J connectivity index is 1.52. The Hall–Kier alpha value is -2.69. The third kappa shape index (κ3) is 2.19. The number of carbonyl (C=O) groups is 1. The van der Waals surface area contributed by atoms with E-state index in [1.165, 1.54) is 12.8 Å². The second-order valence-corrected chi connectivity index (χ2v) is 6.50. The predicted molar refractivity (Wildman–Crippen MR) is 89.1 cm³/mol. The van der Waals surface area contributed by atoms with Gasteiger partial charge in [0.2, 0.25) is 0 Å². The van der Waals surface area contributed by atoms with E-state index in [4.69, 9.17) is 9.72 Å². The Kier molecular flexibility index (Phi) is 2.95. The molecular weight excluding hydrogens is 302 g/mol. The Morgan fingerprint density at radius 3 is 3.00 bits per heavy atom. The van der Waals surface area contributed by atoms with Crippen LogP contribution >= 0.6 is 0 Å². The zero-order valence-corrected chi connectivity index (χ0v) is 13.2. The summed E-state index contributed by atoms with van der Waals surface area (Å²) in [6.45, 7) is 1.03. The monoisotopic (exact) mass is 319 g/mol. The first-order valence-electron chi connectivity index (χ1n) is 8.41. The Labute approximate surface area is 139 Å². The summed E-state index contributed by atoms with van der Waals surface area (Å²) in [5, 5.41) is 2.83. The molecule has 24 heavy (non-hydrogen) atoms. The zero-order valence-electron chi connectivity index (χ0n) is 13.2. The molecule has 5 nitrogen and oxygen atoms in total. The Morgan fingerprint density at radius 1 is 1.21 bits per heavy atom. The summed E-state index contributed by atoms with van der Waals surface area (Å²) < 4.78 is 5.72. The van der Waals surface area contributed by atoms with Crippen molar-refractivity contribution >= 4 is 11.5 Å². The number of carbonyl (C=O) groups excluding carboxylic acids is 1. The van der Waals surface area contributed by atoms with Crippen molar-refractivity contribution in [1.82, 2.24) is 15.3 Å². The van der Waals surface area contributed by atoms with Crippen molar-refractivity contribution in [3.05, 3.63) is 58.7 Å². The lowest BCUT2D eigenvalue weighted by atomic mass is 10.00. The number of hydrogen-bond donors (Lipinski definition) is 1. The molecule has 1 aliphatic heterocycles. The second-order valence-electron chi connectivity index (χ2n) is 6.50. The molecule has 2 heterocycles. The molecule has 2 aromatic rings. The fourth-order valence-electron chi connectivity index (χ4n) is 3.35. The molecule has 0 unspecified atom stereocenters.